The van der Waals surface area contributed by atoms with E-state index in [1.807, 2.05) is 12.1 Å². The van der Waals surface area contributed by atoms with E-state index in [1.165, 1.54) is 44.1 Å². The van der Waals surface area contributed by atoms with Crippen LogP contribution in [-0.4, -0.2) is 69.9 Å². The topological polar surface area (TPSA) is 101 Å². The first-order chi connectivity index (χ1) is 17.6. The Balaban J connectivity index is 1.85. The Morgan fingerprint density at radius 3 is 1.86 bits per heavy atom. The van der Waals surface area contributed by atoms with Crippen LogP contribution in [-0.2, 0) is 35.0 Å². The van der Waals surface area contributed by atoms with Gasteiger partial charge in [0.15, 0.2) is 0 Å². The molecule has 0 aliphatic rings. The second-order valence-electron chi connectivity index (χ2n) is 8.67. The van der Waals surface area contributed by atoms with Crippen LogP contribution in [0.25, 0.3) is 0 Å². The van der Waals surface area contributed by atoms with Gasteiger partial charge < -0.3 is 28.8 Å². The number of hydrogen-bond donors (Lipinski definition) is 1. The lowest BCUT2D eigenvalue weighted by Crippen LogP contribution is -2.14. The number of carbonyl (C=O) groups excluding carboxylic acids is 1. The zero-order chi connectivity index (χ0) is 26.1. The van der Waals surface area contributed by atoms with Gasteiger partial charge >= 0.3 is 11.9 Å². The van der Waals surface area contributed by atoms with Crippen LogP contribution in [0.1, 0.15) is 76.7 Å². The van der Waals surface area contributed by atoms with Gasteiger partial charge in [0, 0.05) is 12.8 Å². The third-order valence-electron chi connectivity index (χ3n) is 5.50. The smallest absolute Gasteiger partial charge is 0.305 e. The lowest BCUT2D eigenvalue weighted by Gasteiger charge is -2.09. The lowest BCUT2D eigenvalue weighted by atomic mass is 10.0. The minimum absolute atomic E-state index is 0.0725. The lowest BCUT2D eigenvalue weighted by molar-refractivity contribution is -0.146. The molecule has 0 atom stereocenters. The van der Waals surface area contributed by atoms with Gasteiger partial charge in [0.05, 0.1) is 39.6 Å². The van der Waals surface area contributed by atoms with Crippen molar-refractivity contribution in [3.63, 3.8) is 0 Å². The van der Waals surface area contributed by atoms with Gasteiger partial charge in [-0.3, -0.25) is 9.59 Å². The van der Waals surface area contributed by atoms with Crippen molar-refractivity contribution in [2.24, 2.45) is 0 Å². The van der Waals surface area contributed by atoms with Gasteiger partial charge in [-0.1, -0.05) is 51.2 Å². The normalized spacial score (nSPS) is 10.9. The molecule has 8 nitrogen and oxygen atoms in total. The summed E-state index contributed by atoms with van der Waals surface area (Å²) in [6.45, 7) is 5.54. The predicted octanol–water partition coefficient (Wildman–Crippen LogP) is 5.21. The van der Waals surface area contributed by atoms with Crippen molar-refractivity contribution >= 4 is 11.9 Å². The number of aryl methyl sites for hydroxylation is 1. The Labute approximate surface area is 216 Å². The number of rotatable bonds is 25. The molecule has 0 saturated heterocycles. The Bertz CT molecular complexity index is 662. The minimum atomic E-state index is -0.852. The standard InChI is InChI=1S/C28H46O8/c1-2-3-4-5-6-7-10-25-13-15-26(16-14-25)35-23-21-33-19-17-32-18-20-34-22-24-36-28(31)12-9-8-11-27(29)30/h13-16H,2-12,17-24H2,1H3,(H,29,30). The largest absolute Gasteiger partial charge is 0.491 e. The summed E-state index contributed by atoms with van der Waals surface area (Å²) in [4.78, 5) is 21.9. The monoisotopic (exact) mass is 510 g/mol. The van der Waals surface area contributed by atoms with Crippen molar-refractivity contribution in [1.82, 2.24) is 0 Å². The molecule has 0 aromatic heterocycles. The van der Waals surface area contributed by atoms with Crippen molar-refractivity contribution < 1.29 is 38.4 Å². The number of esters is 1. The highest BCUT2D eigenvalue weighted by Crippen LogP contribution is 2.15. The molecule has 0 radical (unpaired) electrons. The van der Waals surface area contributed by atoms with Crippen molar-refractivity contribution in [2.75, 3.05) is 52.9 Å². The van der Waals surface area contributed by atoms with Gasteiger partial charge in [-0.25, -0.2) is 0 Å². The van der Waals surface area contributed by atoms with Crippen molar-refractivity contribution in [2.45, 2.75) is 77.6 Å². The third-order valence-corrected chi connectivity index (χ3v) is 5.50. The fraction of sp³-hybridized carbons (Fsp3) is 0.714. The molecule has 0 bridgehead atoms. The van der Waals surface area contributed by atoms with Gasteiger partial charge in [0.2, 0.25) is 0 Å². The SMILES string of the molecule is CCCCCCCCc1ccc(OCCOCCOCCOCCOC(=O)CCCCC(=O)O)cc1. The summed E-state index contributed by atoms with van der Waals surface area (Å²) in [5, 5.41) is 8.53. The number of hydrogen-bond acceptors (Lipinski definition) is 7. The van der Waals surface area contributed by atoms with E-state index in [1.54, 1.807) is 0 Å². The fourth-order valence-corrected chi connectivity index (χ4v) is 3.45. The molecule has 0 saturated carbocycles. The molecule has 206 valence electrons. The van der Waals surface area contributed by atoms with E-state index in [4.69, 9.17) is 28.8 Å². The molecule has 0 spiro atoms. The molecule has 0 aliphatic heterocycles. The van der Waals surface area contributed by atoms with Gasteiger partial charge in [0.25, 0.3) is 0 Å². The maximum Gasteiger partial charge on any atom is 0.305 e. The van der Waals surface area contributed by atoms with Gasteiger partial charge in [-0.15, -0.1) is 0 Å². The maximum absolute atomic E-state index is 11.5. The second kappa shape index (κ2) is 23.3. The zero-order valence-electron chi connectivity index (χ0n) is 22.0. The van der Waals surface area contributed by atoms with Crippen molar-refractivity contribution in [3.8, 4) is 5.75 Å². The van der Waals surface area contributed by atoms with E-state index in [2.05, 4.69) is 19.1 Å². The Morgan fingerprint density at radius 2 is 1.22 bits per heavy atom. The first-order valence-corrected chi connectivity index (χ1v) is 13.4. The molecule has 0 fully saturated rings. The summed E-state index contributed by atoms with van der Waals surface area (Å²) < 4.78 is 27.0. The molecule has 0 unspecified atom stereocenters. The van der Waals surface area contributed by atoms with Crippen molar-refractivity contribution in [1.29, 1.82) is 0 Å². The highest BCUT2D eigenvalue weighted by Gasteiger charge is 2.04. The predicted molar refractivity (Wildman–Crippen MR) is 139 cm³/mol. The molecule has 1 aromatic carbocycles. The summed E-state index contributed by atoms with van der Waals surface area (Å²) in [7, 11) is 0. The van der Waals surface area contributed by atoms with Crippen LogP contribution in [0.15, 0.2) is 24.3 Å². The zero-order valence-corrected chi connectivity index (χ0v) is 22.0. The highest BCUT2D eigenvalue weighted by atomic mass is 16.6. The molecule has 0 amide bonds. The summed E-state index contributed by atoms with van der Waals surface area (Å²) in [6.07, 6.45) is 10.3. The molecule has 0 aliphatic carbocycles. The van der Waals surface area contributed by atoms with E-state index in [9.17, 15) is 9.59 Å². The van der Waals surface area contributed by atoms with Crippen molar-refractivity contribution in [3.05, 3.63) is 29.8 Å². The van der Waals surface area contributed by atoms with Gasteiger partial charge in [0.1, 0.15) is 19.0 Å². The number of carboxylic acids is 1. The van der Waals surface area contributed by atoms with Gasteiger partial charge in [-0.05, 0) is 43.4 Å². The van der Waals surface area contributed by atoms with Crippen LogP contribution >= 0.6 is 0 Å². The number of unbranched alkanes of at least 4 members (excludes halogenated alkanes) is 6. The van der Waals surface area contributed by atoms with E-state index >= 15 is 0 Å². The Kier molecular flexibility index (Phi) is 20.6. The second-order valence-corrected chi connectivity index (χ2v) is 8.67. The van der Waals surface area contributed by atoms with E-state index in [-0.39, 0.29) is 25.4 Å². The van der Waals surface area contributed by atoms with E-state index < -0.39 is 5.97 Å². The number of benzene rings is 1. The minimum Gasteiger partial charge on any atom is -0.491 e. The Hall–Kier alpha value is -2.16. The molecule has 1 aromatic rings. The fourth-order valence-electron chi connectivity index (χ4n) is 3.45. The molecular formula is C28H46O8. The molecule has 1 N–H and O–H groups in total. The van der Waals surface area contributed by atoms with E-state index in [0.29, 0.717) is 59.1 Å². The van der Waals surface area contributed by atoms with E-state index in [0.717, 1.165) is 12.2 Å². The number of carboxylic acid groups (broad SMARTS) is 1. The Morgan fingerprint density at radius 1 is 0.667 bits per heavy atom. The summed E-state index contributed by atoms with van der Waals surface area (Å²) in [5.74, 6) is -0.320. The number of aliphatic carboxylic acids is 1. The molecule has 8 heteroatoms. The van der Waals surface area contributed by atoms with Crippen LogP contribution in [0.4, 0.5) is 0 Å². The van der Waals surface area contributed by atoms with Crippen LogP contribution in [0, 0.1) is 0 Å². The van der Waals surface area contributed by atoms with Crippen LogP contribution in [0.2, 0.25) is 0 Å². The number of carbonyl (C=O) groups is 2. The molecule has 36 heavy (non-hydrogen) atoms. The maximum atomic E-state index is 11.5. The number of ether oxygens (including phenoxy) is 5. The average molecular weight is 511 g/mol. The summed E-state index contributed by atoms with van der Waals surface area (Å²) in [6, 6.07) is 8.35. The molecule has 0 heterocycles. The van der Waals surface area contributed by atoms with Crippen LogP contribution < -0.4 is 4.74 Å². The van der Waals surface area contributed by atoms with Gasteiger partial charge in [-0.2, -0.15) is 0 Å². The summed E-state index contributed by atoms with van der Waals surface area (Å²) in [5.41, 5.74) is 1.36. The first kappa shape index (κ1) is 31.9. The third kappa shape index (κ3) is 20.1. The highest BCUT2D eigenvalue weighted by molar-refractivity contribution is 5.69. The van der Waals surface area contributed by atoms with Crippen LogP contribution in [0.3, 0.4) is 0 Å². The quantitative estimate of drug-likeness (QED) is 0.141. The molecular weight excluding hydrogens is 464 g/mol. The summed E-state index contributed by atoms with van der Waals surface area (Å²) >= 11 is 0. The molecule has 1 rings (SSSR count). The van der Waals surface area contributed by atoms with Crippen LogP contribution in [0.5, 0.6) is 5.75 Å². The first-order valence-electron chi connectivity index (χ1n) is 13.4. The average Bonchev–Trinajstić information content (AvgIpc) is 2.87.